The molecule has 1 saturated carbocycles. The molecule has 0 aromatic heterocycles. The minimum Gasteiger partial charge on any atom is -0.376 e. The molecule has 1 N–H and O–H groups in total. The summed E-state index contributed by atoms with van der Waals surface area (Å²) >= 11 is 0. The van der Waals surface area contributed by atoms with E-state index in [-0.39, 0.29) is 5.60 Å². The highest BCUT2D eigenvalue weighted by atomic mass is 16.5. The van der Waals surface area contributed by atoms with Crippen LogP contribution in [0.4, 0.5) is 0 Å². The van der Waals surface area contributed by atoms with E-state index >= 15 is 0 Å². The second-order valence-electron chi connectivity index (χ2n) is 9.79. The molecular weight excluding hydrogens is 294 g/mol. The SMILES string of the molecule is CC(C)CC[C@@H](CCNC1CCC(C)CC1)[C@@H]1CCOC(C)(C)C1. The van der Waals surface area contributed by atoms with Gasteiger partial charge in [0.25, 0.3) is 0 Å². The van der Waals surface area contributed by atoms with Crippen molar-refractivity contribution >= 4 is 0 Å². The number of rotatable bonds is 8. The van der Waals surface area contributed by atoms with E-state index in [0.717, 1.165) is 36.3 Å². The number of ether oxygens (including phenoxy) is 1. The van der Waals surface area contributed by atoms with E-state index in [2.05, 4.69) is 39.9 Å². The van der Waals surface area contributed by atoms with Crippen LogP contribution in [0.15, 0.2) is 0 Å². The van der Waals surface area contributed by atoms with Crippen molar-refractivity contribution in [3.8, 4) is 0 Å². The van der Waals surface area contributed by atoms with Crippen LogP contribution in [-0.2, 0) is 4.74 Å². The van der Waals surface area contributed by atoms with Crippen molar-refractivity contribution < 1.29 is 4.74 Å². The van der Waals surface area contributed by atoms with Crippen LogP contribution in [0.25, 0.3) is 0 Å². The highest BCUT2D eigenvalue weighted by Crippen LogP contribution is 2.37. The first-order valence-corrected chi connectivity index (χ1v) is 10.7. The molecule has 0 aromatic rings. The molecule has 142 valence electrons. The summed E-state index contributed by atoms with van der Waals surface area (Å²) < 4.78 is 5.97. The molecule has 1 saturated heterocycles. The number of hydrogen-bond acceptors (Lipinski definition) is 2. The van der Waals surface area contributed by atoms with Crippen LogP contribution in [0.2, 0.25) is 0 Å². The van der Waals surface area contributed by atoms with Gasteiger partial charge in [-0.15, -0.1) is 0 Å². The molecule has 2 atom stereocenters. The fourth-order valence-electron chi connectivity index (χ4n) is 4.78. The van der Waals surface area contributed by atoms with Crippen LogP contribution in [0, 0.1) is 23.7 Å². The molecule has 0 radical (unpaired) electrons. The maximum Gasteiger partial charge on any atom is 0.0629 e. The summed E-state index contributed by atoms with van der Waals surface area (Å²) in [5, 5.41) is 3.89. The predicted molar refractivity (Wildman–Crippen MR) is 104 cm³/mol. The Morgan fingerprint density at radius 2 is 1.71 bits per heavy atom. The van der Waals surface area contributed by atoms with Gasteiger partial charge in [-0.25, -0.2) is 0 Å². The first-order valence-electron chi connectivity index (χ1n) is 10.7. The Balaban J connectivity index is 1.79. The quantitative estimate of drug-likeness (QED) is 0.604. The van der Waals surface area contributed by atoms with Gasteiger partial charge in [0.1, 0.15) is 0 Å². The van der Waals surface area contributed by atoms with Crippen LogP contribution in [0.5, 0.6) is 0 Å². The van der Waals surface area contributed by atoms with E-state index < -0.39 is 0 Å². The largest absolute Gasteiger partial charge is 0.376 e. The van der Waals surface area contributed by atoms with E-state index in [1.807, 2.05) is 0 Å². The Morgan fingerprint density at radius 1 is 1.00 bits per heavy atom. The molecule has 0 amide bonds. The summed E-state index contributed by atoms with van der Waals surface area (Å²) in [5.41, 5.74) is 0.0892. The lowest BCUT2D eigenvalue weighted by Gasteiger charge is -2.40. The van der Waals surface area contributed by atoms with Gasteiger partial charge in [-0.3, -0.25) is 0 Å². The minimum absolute atomic E-state index is 0.0892. The zero-order valence-corrected chi connectivity index (χ0v) is 17.1. The van der Waals surface area contributed by atoms with Gasteiger partial charge in [-0.2, -0.15) is 0 Å². The molecular formula is C22H43NO. The Morgan fingerprint density at radius 3 is 2.33 bits per heavy atom. The fraction of sp³-hybridized carbons (Fsp3) is 1.00. The second kappa shape index (κ2) is 9.57. The monoisotopic (exact) mass is 337 g/mol. The standard InChI is InChI=1S/C22H43NO/c1-17(2)6-9-19(20-13-15-24-22(4,5)16-20)12-14-23-21-10-7-18(3)8-11-21/h17-21,23H,6-16H2,1-5H3/t18?,19-,20+,21?/m0/s1. The van der Waals surface area contributed by atoms with E-state index in [4.69, 9.17) is 4.74 Å². The Kier molecular flexibility index (Phi) is 8.07. The molecule has 2 heteroatoms. The van der Waals surface area contributed by atoms with Gasteiger partial charge >= 0.3 is 0 Å². The van der Waals surface area contributed by atoms with Crippen molar-refractivity contribution in [2.45, 2.75) is 104 Å². The molecule has 0 aromatic carbocycles. The molecule has 0 spiro atoms. The van der Waals surface area contributed by atoms with Crippen molar-refractivity contribution in [1.29, 1.82) is 0 Å². The first kappa shape index (κ1) is 20.2. The van der Waals surface area contributed by atoms with Gasteiger partial charge < -0.3 is 10.1 Å². The van der Waals surface area contributed by atoms with Crippen LogP contribution in [0.3, 0.4) is 0 Å². The second-order valence-corrected chi connectivity index (χ2v) is 9.79. The molecule has 24 heavy (non-hydrogen) atoms. The van der Waals surface area contributed by atoms with E-state index in [0.29, 0.717) is 0 Å². The van der Waals surface area contributed by atoms with Crippen LogP contribution < -0.4 is 5.32 Å². The summed E-state index contributed by atoms with van der Waals surface area (Å²) in [4.78, 5) is 0. The smallest absolute Gasteiger partial charge is 0.0629 e. The van der Waals surface area contributed by atoms with Gasteiger partial charge in [-0.05, 0) is 95.4 Å². The number of hydrogen-bond donors (Lipinski definition) is 1. The molecule has 1 heterocycles. The minimum atomic E-state index is 0.0892. The summed E-state index contributed by atoms with van der Waals surface area (Å²) in [7, 11) is 0. The molecule has 2 fully saturated rings. The molecule has 2 aliphatic rings. The molecule has 0 bridgehead atoms. The van der Waals surface area contributed by atoms with Crippen LogP contribution in [-0.4, -0.2) is 24.8 Å². The van der Waals surface area contributed by atoms with Crippen LogP contribution in [0.1, 0.15) is 92.4 Å². The lowest BCUT2D eigenvalue weighted by Crippen LogP contribution is -2.38. The maximum atomic E-state index is 5.97. The molecule has 0 unspecified atom stereocenters. The Hall–Kier alpha value is -0.0800. The summed E-state index contributed by atoms with van der Waals surface area (Å²) in [5.74, 6) is 3.52. The molecule has 2 rings (SSSR count). The Labute approximate surface area is 151 Å². The zero-order chi connectivity index (χ0) is 17.6. The third-order valence-electron chi connectivity index (χ3n) is 6.48. The normalized spacial score (nSPS) is 32.0. The Bertz CT molecular complexity index is 344. The lowest BCUT2D eigenvalue weighted by molar-refractivity contribution is -0.0840. The van der Waals surface area contributed by atoms with Crippen molar-refractivity contribution in [2.24, 2.45) is 23.7 Å². The summed E-state index contributed by atoms with van der Waals surface area (Å²) in [6.07, 6.45) is 12.3. The highest BCUT2D eigenvalue weighted by molar-refractivity contribution is 4.84. The molecule has 1 aliphatic carbocycles. The van der Waals surface area contributed by atoms with Crippen molar-refractivity contribution in [2.75, 3.05) is 13.2 Å². The van der Waals surface area contributed by atoms with Gasteiger partial charge in [0.15, 0.2) is 0 Å². The van der Waals surface area contributed by atoms with Gasteiger partial charge in [-0.1, -0.05) is 27.2 Å². The summed E-state index contributed by atoms with van der Waals surface area (Å²) in [6, 6.07) is 0.790. The third kappa shape index (κ3) is 7.04. The zero-order valence-electron chi connectivity index (χ0n) is 17.1. The molecule has 2 nitrogen and oxygen atoms in total. The average Bonchev–Trinajstić information content (AvgIpc) is 2.51. The lowest BCUT2D eigenvalue weighted by atomic mass is 9.75. The third-order valence-corrected chi connectivity index (χ3v) is 6.48. The van der Waals surface area contributed by atoms with E-state index in [1.165, 1.54) is 64.3 Å². The predicted octanol–water partition coefficient (Wildman–Crippen LogP) is 5.80. The van der Waals surface area contributed by atoms with Gasteiger partial charge in [0.05, 0.1) is 5.60 Å². The average molecular weight is 338 g/mol. The number of nitrogens with one attached hydrogen (secondary N) is 1. The summed E-state index contributed by atoms with van der Waals surface area (Å²) in [6.45, 7) is 13.9. The van der Waals surface area contributed by atoms with E-state index in [1.54, 1.807) is 0 Å². The van der Waals surface area contributed by atoms with Gasteiger partial charge in [0, 0.05) is 12.6 Å². The fourth-order valence-corrected chi connectivity index (χ4v) is 4.78. The highest BCUT2D eigenvalue weighted by Gasteiger charge is 2.33. The van der Waals surface area contributed by atoms with Gasteiger partial charge in [0.2, 0.25) is 0 Å². The van der Waals surface area contributed by atoms with Crippen molar-refractivity contribution in [3.05, 3.63) is 0 Å². The van der Waals surface area contributed by atoms with Crippen LogP contribution >= 0.6 is 0 Å². The first-order chi connectivity index (χ1) is 11.4. The van der Waals surface area contributed by atoms with Crippen molar-refractivity contribution in [1.82, 2.24) is 5.32 Å². The topological polar surface area (TPSA) is 21.3 Å². The van der Waals surface area contributed by atoms with E-state index in [9.17, 15) is 0 Å². The maximum absolute atomic E-state index is 5.97. The molecule has 1 aliphatic heterocycles. The van der Waals surface area contributed by atoms with Crippen molar-refractivity contribution in [3.63, 3.8) is 0 Å².